The van der Waals surface area contributed by atoms with Crippen LogP contribution in [0.5, 0.6) is 0 Å². The minimum absolute atomic E-state index is 0.00374. The SMILES string of the molecule is O=c1[nH]cnc(Nc2cccc(Cl)c2F)c1Br. The highest BCUT2D eigenvalue weighted by molar-refractivity contribution is 9.10. The van der Waals surface area contributed by atoms with E-state index in [1.54, 1.807) is 6.07 Å². The van der Waals surface area contributed by atoms with Gasteiger partial charge in [0.1, 0.15) is 4.47 Å². The number of halogens is 3. The maximum Gasteiger partial charge on any atom is 0.267 e. The summed E-state index contributed by atoms with van der Waals surface area (Å²) in [5, 5.41) is 2.68. The van der Waals surface area contributed by atoms with Crippen LogP contribution in [0.25, 0.3) is 0 Å². The molecule has 7 heteroatoms. The van der Waals surface area contributed by atoms with Crippen molar-refractivity contribution in [3.8, 4) is 0 Å². The fourth-order valence-electron chi connectivity index (χ4n) is 1.20. The molecule has 0 amide bonds. The first-order valence-corrected chi connectivity index (χ1v) is 5.71. The van der Waals surface area contributed by atoms with Gasteiger partial charge in [-0.05, 0) is 28.1 Å². The van der Waals surface area contributed by atoms with Crippen LogP contribution in [-0.2, 0) is 0 Å². The van der Waals surface area contributed by atoms with Gasteiger partial charge in [0.25, 0.3) is 5.56 Å². The zero-order chi connectivity index (χ0) is 12.4. The number of benzene rings is 1. The van der Waals surface area contributed by atoms with Gasteiger partial charge in [-0.3, -0.25) is 4.79 Å². The van der Waals surface area contributed by atoms with E-state index < -0.39 is 5.82 Å². The van der Waals surface area contributed by atoms with Gasteiger partial charge in [-0.2, -0.15) is 0 Å². The zero-order valence-electron chi connectivity index (χ0n) is 8.30. The van der Waals surface area contributed by atoms with Crippen LogP contribution in [-0.4, -0.2) is 9.97 Å². The molecule has 1 aromatic carbocycles. The Labute approximate surface area is 109 Å². The van der Waals surface area contributed by atoms with Crippen LogP contribution in [0, 0.1) is 5.82 Å². The van der Waals surface area contributed by atoms with Crippen molar-refractivity contribution in [2.75, 3.05) is 5.32 Å². The normalized spacial score (nSPS) is 10.3. The molecule has 0 unspecified atom stereocenters. The summed E-state index contributed by atoms with van der Waals surface area (Å²) in [6.45, 7) is 0. The summed E-state index contributed by atoms with van der Waals surface area (Å²) in [5.41, 5.74) is -0.207. The molecule has 0 radical (unpaired) electrons. The van der Waals surface area contributed by atoms with Gasteiger partial charge < -0.3 is 10.3 Å². The Hall–Kier alpha value is -1.40. The van der Waals surface area contributed by atoms with E-state index in [4.69, 9.17) is 11.6 Å². The molecule has 0 aliphatic heterocycles. The molecule has 4 nitrogen and oxygen atoms in total. The third kappa shape index (κ3) is 2.48. The standard InChI is InChI=1S/C10H6BrClFN3O/c11-7-9(14-4-15-10(7)17)16-6-3-1-2-5(12)8(6)13/h1-4H,(H2,14,15,16,17). The van der Waals surface area contributed by atoms with Crippen molar-refractivity contribution in [2.45, 2.75) is 0 Å². The molecule has 1 aromatic heterocycles. The third-order valence-electron chi connectivity index (χ3n) is 2.00. The summed E-state index contributed by atoms with van der Waals surface area (Å²) in [6, 6.07) is 4.52. The number of anilines is 2. The lowest BCUT2D eigenvalue weighted by Gasteiger charge is -2.08. The number of nitrogens with zero attached hydrogens (tertiary/aromatic N) is 1. The molecule has 0 saturated carbocycles. The minimum atomic E-state index is -0.594. The van der Waals surface area contributed by atoms with Crippen LogP contribution in [0.3, 0.4) is 0 Å². The molecule has 2 rings (SSSR count). The van der Waals surface area contributed by atoms with Gasteiger partial charge in [0.15, 0.2) is 11.6 Å². The monoisotopic (exact) mass is 317 g/mol. The second-order valence-electron chi connectivity index (χ2n) is 3.12. The highest BCUT2D eigenvalue weighted by atomic mass is 79.9. The lowest BCUT2D eigenvalue weighted by molar-refractivity contribution is 0.632. The van der Waals surface area contributed by atoms with Gasteiger partial charge in [0.2, 0.25) is 0 Å². The van der Waals surface area contributed by atoms with Crippen LogP contribution in [0.2, 0.25) is 5.02 Å². The molecular weight excluding hydrogens is 312 g/mol. The van der Waals surface area contributed by atoms with Crippen LogP contribution in [0.15, 0.2) is 33.8 Å². The smallest absolute Gasteiger partial charge is 0.267 e. The highest BCUT2D eigenvalue weighted by Gasteiger charge is 2.10. The van der Waals surface area contributed by atoms with Gasteiger partial charge >= 0.3 is 0 Å². The molecular formula is C10H6BrClFN3O. The van der Waals surface area contributed by atoms with E-state index in [1.165, 1.54) is 18.5 Å². The van der Waals surface area contributed by atoms with E-state index in [9.17, 15) is 9.18 Å². The summed E-state index contributed by atoms with van der Waals surface area (Å²) >= 11 is 8.69. The first kappa shape index (κ1) is 12.1. The topological polar surface area (TPSA) is 57.8 Å². The molecule has 0 saturated heterocycles. The Morgan fingerprint density at radius 3 is 3.00 bits per heavy atom. The molecule has 0 aliphatic carbocycles. The lowest BCUT2D eigenvalue weighted by Crippen LogP contribution is -2.10. The van der Waals surface area contributed by atoms with Crippen molar-refractivity contribution in [1.29, 1.82) is 0 Å². The second kappa shape index (κ2) is 4.85. The van der Waals surface area contributed by atoms with Gasteiger partial charge in [-0.25, -0.2) is 9.37 Å². The van der Waals surface area contributed by atoms with Crippen LogP contribution < -0.4 is 10.9 Å². The third-order valence-corrected chi connectivity index (χ3v) is 3.03. The zero-order valence-corrected chi connectivity index (χ0v) is 10.6. The summed E-state index contributed by atoms with van der Waals surface area (Å²) < 4.78 is 13.8. The van der Waals surface area contributed by atoms with Crippen molar-refractivity contribution in [1.82, 2.24) is 9.97 Å². The van der Waals surface area contributed by atoms with E-state index in [1.807, 2.05) is 0 Å². The minimum Gasteiger partial charge on any atom is -0.337 e. The van der Waals surface area contributed by atoms with Crippen LogP contribution in [0.4, 0.5) is 15.9 Å². The largest absolute Gasteiger partial charge is 0.337 e. The molecule has 0 atom stereocenters. The molecule has 0 bridgehead atoms. The summed E-state index contributed by atoms with van der Waals surface area (Å²) in [7, 11) is 0. The van der Waals surface area contributed by atoms with E-state index in [2.05, 4.69) is 31.2 Å². The molecule has 1 heterocycles. The Morgan fingerprint density at radius 2 is 2.24 bits per heavy atom. The fourth-order valence-corrected chi connectivity index (χ4v) is 1.69. The maximum atomic E-state index is 13.6. The van der Waals surface area contributed by atoms with Crippen molar-refractivity contribution < 1.29 is 4.39 Å². The van der Waals surface area contributed by atoms with Crippen LogP contribution >= 0.6 is 27.5 Å². The van der Waals surface area contributed by atoms with E-state index in [0.717, 1.165) is 0 Å². The van der Waals surface area contributed by atoms with Crippen molar-refractivity contribution >= 4 is 39.0 Å². The number of hydrogen-bond donors (Lipinski definition) is 2. The van der Waals surface area contributed by atoms with Crippen LogP contribution in [0.1, 0.15) is 0 Å². The Kier molecular flexibility index (Phi) is 3.44. The predicted octanol–water partition coefficient (Wildman–Crippen LogP) is 3.07. The van der Waals surface area contributed by atoms with Crippen molar-refractivity contribution in [3.05, 3.63) is 50.2 Å². The number of hydrogen-bond acceptors (Lipinski definition) is 3. The number of nitrogens with one attached hydrogen (secondary N) is 2. The number of H-pyrrole nitrogens is 1. The molecule has 0 aliphatic rings. The number of aromatic nitrogens is 2. The summed E-state index contributed by atoms with van der Waals surface area (Å²) in [5.74, 6) is -0.377. The highest BCUT2D eigenvalue weighted by Crippen LogP contribution is 2.26. The van der Waals surface area contributed by atoms with Crippen molar-refractivity contribution in [2.24, 2.45) is 0 Å². The van der Waals surface area contributed by atoms with Gasteiger partial charge in [-0.15, -0.1) is 0 Å². The quantitative estimate of drug-likeness (QED) is 0.894. The number of rotatable bonds is 2. The Morgan fingerprint density at radius 1 is 1.47 bits per heavy atom. The molecule has 17 heavy (non-hydrogen) atoms. The maximum absolute atomic E-state index is 13.6. The Balaban J connectivity index is 2.42. The van der Waals surface area contributed by atoms with E-state index in [-0.39, 0.29) is 26.6 Å². The van der Waals surface area contributed by atoms with Gasteiger partial charge in [-0.1, -0.05) is 17.7 Å². The van der Waals surface area contributed by atoms with Crippen molar-refractivity contribution in [3.63, 3.8) is 0 Å². The second-order valence-corrected chi connectivity index (χ2v) is 4.32. The lowest BCUT2D eigenvalue weighted by atomic mass is 10.3. The summed E-state index contributed by atoms with van der Waals surface area (Å²) in [6.07, 6.45) is 1.22. The average Bonchev–Trinajstić information content (AvgIpc) is 2.31. The first-order chi connectivity index (χ1) is 8.09. The number of aromatic amines is 1. The Bertz CT molecular complexity index is 617. The fraction of sp³-hybridized carbons (Fsp3) is 0. The molecule has 0 fully saturated rings. The molecule has 88 valence electrons. The molecule has 0 spiro atoms. The molecule has 2 aromatic rings. The van der Waals surface area contributed by atoms with Gasteiger partial charge in [0, 0.05) is 0 Å². The van der Waals surface area contributed by atoms with E-state index >= 15 is 0 Å². The molecule has 2 N–H and O–H groups in total. The summed E-state index contributed by atoms with van der Waals surface area (Å²) in [4.78, 5) is 17.5. The predicted molar refractivity (Wildman–Crippen MR) is 67.3 cm³/mol. The first-order valence-electron chi connectivity index (χ1n) is 4.54. The average molecular weight is 319 g/mol. The van der Waals surface area contributed by atoms with E-state index in [0.29, 0.717) is 0 Å². The van der Waals surface area contributed by atoms with Gasteiger partial charge in [0.05, 0.1) is 17.0 Å².